The minimum absolute atomic E-state index is 0.142. The molecule has 1 aliphatic rings. The molecule has 2 unspecified atom stereocenters. The molecular weight excluding hydrogens is 408 g/mol. The highest BCUT2D eigenvalue weighted by molar-refractivity contribution is 9.10. The Hall–Kier alpha value is -2.87. The van der Waals surface area contributed by atoms with Gasteiger partial charge in [0.1, 0.15) is 5.92 Å². The molecule has 1 aliphatic heterocycles. The van der Waals surface area contributed by atoms with E-state index in [1.807, 2.05) is 62.4 Å². The van der Waals surface area contributed by atoms with Gasteiger partial charge in [0.15, 0.2) is 0 Å². The molecule has 1 amide bonds. The standard InChI is InChI=1S/C19H17BrN6O/c1-11-6-3-4-9-15(11)22-18(27)16-12(2)21-19-23-24-25-26(19)17(16)13-7-5-8-14(20)10-13/h3-10,16-17H,1-2H3,(H,22,27). The van der Waals surface area contributed by atoms with Gasteiger partial charge in [-0.15, -0.1) is 0 Å². The van der Waals surface area contributed by atoms with Crippen LogP contribution in [0.15, 0.2) is 58.0 Å². The van der Waals surface area contributed by atoms with E-state index in [-0.39, 0.29) is 11.9 Å². The van der Waals surface area contributed by atoms with Crippen LogP contribution in [0.5, 0.6) is 0 Å². The Kier molecular flexibility index (Phi) is 4.57. The zero-order valence-corrected chi connectivity index (χ0v) is 16.4. The van der Waals surface area contributed by atoms with Gasteiger partial charge < -0.3 is 5.32 Å². The number of benzene rings is 2. The molecule has 2 aromatic carbocycles. The summed E-state index contributed by atoms with van der Waals surface area (Å²) in [5, 5.41) is 14.8. The fraction of sp³-hybridized carbons (Fsp3) is 0.211. The van der Waals surface area contributed by atoms with Gasteiger partial charge in [0.05, 0.1) is 6.04 Å². The number of halogens is 1. The summed E-state index contributed by atoms with van der Waals surface area (Å²) >= 11 is 3.50. The molecule has 2 heterocycles. The van der Waals surface area contributed by atoms with E-state index in [0.29, 0.717) is 11.7 Å². The van der Waals surface area contributed by atoms with Crippen LogP contribution in [0, 0.1) is 12.8 Å². The first-order valence-corrected chi connectivity index (χ1v) is 9.29. The molecule has 4 rings (SSSR count). The molecule has 2 atom stereocenters. The van der Waals surface area contributed by atoms with Crippen molar-refractivity contribution in [2.45, 2.75) is 19.9 Å². The molecule has 0 saturated carbocycles. The number of aliphatic imine (C=N–C) groups is 1. The number of anilines is 1. The zero-order chi connectivity index (χ0) is 19.0. The van der Waals surface area contributed by atoms with Crippen molar-refractivity contribution in [1.82, 2.24) is 20.2 Å². The molecule has 136 valence electrons. The molecule has 1 N–H and O–H groups in total. The lowest BCUT2D eigenvalue weighted by atomic mass is 9.87. The maximum absolute atomic E-state index is 13.2. The Labute approximate surface area is 164 Å². The number of nitrogens with zero attached hydrogens (tertiary/aromatic N) is 5. The molecule has 0 bridgehead atoms. The first-order valence-electron chi connectivity index (χ1n) is 8.49. The van der Waals surface area contributed by atoms with Crippen LogP contribution in [0.1, 0.15) is 24.1 Å². The van der Waals surface area contributed by atoms with Crippen molar-refractivity contribution in [3.05, 3.63) is 64.1 Å². The second-order valence-electron chi connectivity index (χ2n) is 6.46. The summed E-state index contributed by atoms with van der Waals surface area (Å²) in [5.41, 5.74) is 3.38. The third-order valence-electron chi connectivity index (χ3n) is 4.66. The number of aryl methyl sites for hydroxylation is 1. The van der Waals surface area contributed by atoms with Crippen LogP contribution < -0.4 is 5.32 Å². The highest BCUT2D eigenvalue weighted by atomic mass is 79.9. The SMILES string of the molecule is CC1=Nc2nnnn2C(c2cccc(Br)c2)C1C(=O)Nc1ccccc1C. The van der Waals surface area contributed by atoms with E-state index >= 15 is 0 Å². The Morgan fingerprint density at radius 2 is 1.96 bits per heavy atom. The molecule has 1 aromatic heterocycles. The Balaban J connectivity index is 1.77. The van der Waals surface area contributed by atoms with E-state index in [0.717, 1.165) is 21.3 Å². The molecule has 0 aliphatic carbocycles. The minimum Gasteiger partial charge on any atom is -0.325 e. The van der Waals surface area contributed by atoms with E-state index in [9.17, 15) is 4.79 Å². The van der Waals surface area contributed by atoms with E-state index < -0.39 is 5.92 Å². The molecule has 0 spiro atoms. The molecule has 3 aromatic rings. The van der Waals surface area contributed by atoms with Crippen molar-refractivity contribution in [2.75, 3.05) is 5.32 Å². The van der Waals surface area contributed by atoms with Gasteiger partial charge in [-0.25, -0.2) is 9.67 Å². The van der Waals surface area contributed by atoms with Gasteiger partial charge >= 0.3 is 0 Å². The summed E-state index contributed by atoms with van der Waals surface area (Å²) in [4.78, 5) is 17.7. The van der Waals surface area contributed by atoms with Crippen LogP contribution in [0.4, 0.5) is 11.6 Å². The van der Waals surface area contributed by atoms with Crippen LogP contribution in [-0.2, 0) is 4.79 Å². The lowest BCUT2D eigenvalue weighted by Crippen LogP contribution is -2.39. The molecular formula is C19H17BrN6O. The predicted molar refractivity (Wildman–Crippen MR) is 106 cm³/mol. The summed E-state index contributed by atoms with van der Waals surface area (Å²) < 4.78 is 2.53. The number of nitrogens with one attached hydrogen (secondary N) is 1. The highest BCUT2D eigenvalue weighted by Crippen LogP contribution is 2.36. The van der Waals surface area contributed by atoms with Crippen LogP contribution in [0.25, 0.3) is 0 Å². The summed E-state index contributed by atoms with van der Waals surface area (Å²) in [6.07, 6.45) is 0. The van der Waals surface area contributed by atoms with Gasteiger partial charge in [-0.05, 0) is 53.6 Å². The molecule has 8 heteroatoms. The van der Waals surface area contributed by atoms with Crippen molar-refractivity contribution in [3.63, 3.8) is 0 Å². The lowest BCUT2D eigenvalue weighted by molar-refractivity contribution is -0.118. The summed E-state index contributed by atoms with van der Waals surface area (Å²) in [6.45, 7) is 3.80. The summed E-state index contributed by atoms with van der Waals surface area (Å²) in [6, 6.07) is 15.1. The van der Waals surface area contributed by atoms with E-state index in [4.69, 9.17) is 0 Å². The Bertz CT molecular complexity index is 1040. The third kappa shape index (κ3) is 3.28. The van der Waals surface area contributed by atoms with E-state index in [2.05, 4.69) is 41.8 Å². The van der Waals surface area contributed by atoms with Gasteiger partial charge in [0.2, 0.25) is 5.91 Å². The van der Waals surface area contributed by atoms with Crippen molar-refractivity contribution in [3.8, 4) is 0 Å². The van der Waals surface area contributed by atoms with Gasteiger partial charge in [-0.3, -0.25) is 4.79 Å². The second-order valence-corrected chi connectivity index (χ2v) is 7.37. The number of carbonyl (C=O) groups is 1. The van der Waals surface area contributed by atoms with Gasteiger partial charge in [0.25, 0.3) is 5.95 Å². The van der Waals surface area contributed by atoms with Crippen LogP contribution in [0.3, 0.4) is 0 Å². The molecule has 0 radical (unpaired) electrons. The maximum Gasteiger partial charge on any atom is 0.269 e. The zero-order valence-electron chi connectivity index (χ0n) is 14.8. The topological polar surface area (TPSA) is 85.1 Å². The van der Waals surface area contributed by atoms with Crippen molar-refractivity contribution in [1.29, 1.82) is 0 Å². The van der Waals surface area contributed by atoms with Crippen molar-refractivity contribution in [2.24, 2.45) is 10.9 Å². The molecule has 7 nitrogen and oxygen atoms in total. The van der Waals surface area contributed by atoms with Crippen LogP contribution in [-0.4, -0.2) is 31.8 Å². The number of para-hydroxylation sites is 1. The first kappa shape index (κ1) is 17.5. The lowest BCUT2D eigenvalue weighted by Gasteiger charge is -2.30. The number of amides is 1. The van der Waals surface area contributed by atoms with Gasteiger partial charge in [-0.1, -0.05) is 51.4 Å². The summed E-state index contributed by atoms with van der Waals surface area (Å²) in [7, 11) is 0. The Morgan fingerprint density at radius 3 is 2.74 bits per heavy atom. The smallest absolute Gasteiger partial charge is 0.269 e. The number of tetrazole rings is 1. The average molecular weight is 425 g/mol. The number of aromatic nitrogens is 4. The monoisotopic (exact) mass is 424 g/mol. The quantitative estimate of drug-likeness (QED) is 0.694. The van der Waals surface area contributed by atoms with Gasteiger partial charge in [-0.2, -0.15) is 0 Å². The van der Waals surface area contributed by atoms with Crippen LogP contribution >= 0.6 is 15.9 Å². The highest BCUT2D eigenvalue weighted by Gasteiger charge is 2.39. The fourth-order valence-corrected chi connectivity index (χ4v) is 3.74. The largest absolute Gasteiger partial charge is 0.325 e. The number of carbonyl (C=O) groups excluding carboxylic acids is 1. The molecule has 0 fully saturated rings. The Morgan fingerprint density at radius 1 is 1.15 bits per heavy atom. The number of rotatable bonds is 3. The van der Waals surface area contributed by atoms with Crippen molar-refractivity contribution >= 4 is 39.2 Å². The van der Waals surface area contributed by atoms with Crippen LogP contribution in [0.2, 0.25) is 0 Å². The van der Waals surface area contributed by atoms with E-state index in [1.165, 1.54) is 0 Å². The van der Waals surface area contributed by atoms with Crippen molar-refractivity contribution < 1.29 is 4.79 Å². The van der Waals surface area contributed by atoms with E-state index in [1.54, 1.807) is 4.68 Å². The second kappa shape index (κ2) is 7.03. The molecule has 27 heavy (non-hydrogen) atoms. The summed E-state index contributed by atoms with van der Waals surface area (Å²) in [5.74, 6) is -0.274. The number of hydrogen-bond acceptors (Lipinski definition) is 5. The van der Waals surface area contributed by atoms with Gasteiger partial charge in [0, 0.05) is 15.9 Å². The maximum atomic E-state index is 13.2. The number of hydrogen-bond donors (Lipinski definition) is 1. The fourth-order valence-electron chi connectivity index (χ4n) is 3.32. The first-order chi connectivity index (χ1) is 13.0. The third-order valence-corrected chi connectivity index (χ3v) is 5.15. The minimum atomic E-state index is -0.532. The molecule has 0 saturated heterocycles. The predicted octanol–water partition coefficient (Wildman–Crippen LogP) is 3.69. The average Bonchev–Trinajstić information content (AvgIpc) is 3.10. The normalized spacial score (nSPS) is 18.6. The number of fused-ring (bicyclic) bond motifs is 1.